The smallest absolute Gasteiger partial charge is 0.475 e. The van der Waals surface area contributed by atoms with Gasteiger partial charge in [-0.3, -0.25) is 4.90 Å². The fourth-order valence-corrected chi connectivity index (χ4v) is 6.26. The summed E-state index contributed by atoms with van der Waals surface area (Å²) in [6, 6.07) is 5.01. The maximum Gasteiger partial charge on any atom is 0.490 e. The molecule has 4 rings (SSSR count). The van der Waals surface area contributed by atoms with E-state index >= 15 is 0 Å². The van der Waals surface area contributed by atoms with Crippen LogP contribution in [-0.2, 0) is 23.3 Å². The third-order valence-corrected chi connectivity index (χ3v) is 7.88. The Kier molecular flexibility index (Phi) is 8.63. The van der Waals surface area contributed by atoms with E-state index in [0.717, 1.165) is 51.4 Å². The number of aryl methyl sites for hydroxylation is 2. The molecule has 37 heavy (non-hydrogen) atoms. The molecule has 1 N–H and O–H groups in total. The number of carboxylic acid groups (broad SMARTS) is 1. The number of thiophene rings is 1. The average Bonchev–Trinajstić information content (AvgIpc) is 3.35. The zero-order chi connectivity index (χ0) is 27.7. The minimum atomic E-state index is -5.08. The first-order chi connectivity index (χ1) is 17.1. The van der Waals surface area contributed by atoms with Gasteiger partial charge in [0.05, 0.1) is 11.4 Å². The molecule has 1 saturated heterocycles. The van der Waals surface area contributed by atoms with Gasteiger partial charge >= 0.3 is 18.2 Å². The lowest BCUT2D eigenvalue weighted by Crippen LogP contribution is -2.54. The van der Waals surface area contributed by atoms with Crippen molar-refractivity contribution in [3.63, 3.8) is 0 Å². The molecule has 0 aliphatic carbocycles. The van der Waals surface area contributed by atoms with Gasteiger partial charge in [0, 0.05) is 68.0 Å². The Hall–Kier alpha value is -2.60. The predicted molar refractivity (Wildman–Crippen MR) is 136 cm³/mol. The van der Waals surface area contributed by atoms with Crippen LogP contribution in [0.15, 0.2) is 12.1 Å². The van der Waals surface area contributed by atoms with Crippen LogP contribution >= 0.6 is 11.3 Å². The number of aliphatic carboxylic acids is 1. The molecular formula is C25H36F3N5O3S. The van der Waals surface area contributed by atoms with Crippen molar-refractivity contribution in [1.82, 2.24) is 24.3 Å². The molecule has 2 amide bonds. The molecule has 0 unspecified atom stereocenters. The van der Waals surface area contributed by atoms with Crippen LogP contribution in [0.25, 0.3) is 0 Å². The molecule has 206 valence electrons. The quantitative estimate of drug-likeness (QED) is 0.601. The molecule has 0 atom stereocenters. The summed E-state index contributed by atoms with van der Waals surface area (Å²) >= 11 is 1.90. The Morgan fingerprint density at radius 3 is 2.24 bits per heavy atom. The van der Waals surface area contributed by atoms with Crippen molar-refractivity contribution in [1.29, 1.82) is 0 Å². The maximum absolute atomic E-state index is 12.5. The van der Waals surface area contributed by atoms with E-state index in [2.05, 4.69) is 49.3 Å². The second-order valence-electron chi connectivity index (χ2n) is 10.3. The number of halogens is 3. The number of carbonyl (C=O) groups is 2. The molecule has 0 aromatic carbocycles. The van der Waals surface area contributed by atoms with Crippen molar-refractivity contribution in [2.45, 2.75) is 71.3 Å². The van der Waals surface area contributed by atoms with Crippen molar-refractivity contribution in [2.75, 3.05) is 33.7 Å². The first-order valence-electron chi connectivity index (χ1n) is 12.3. The van der Waals surface area contributed by atoms with E-state index in [1.165, 1.54) is 21.1 Å². The van der Waals surface area contributed by atoms with Crippen LogP contribution < -0.4 is 0 Å². The van der Waals surface area contributed by atoms with Crippen LogP contribution in [0.4, 0.5) is 18.0 Å². The molecule has 2 aromatic rings. The number of alkyl halides is 3. The predicted octanol–water partition coefficient (Wildman–Crippen LogP) is 4.81. The average molecular weight is 544 g/mol. The van der Waals surface area contributed by atoms with Crippen LogP contribution in [-0.4, -0.2) is 81.3 Å². The second-order valence-corrected chi connectivity index (χ2v) is 11.7. The van der Waals surface area contributed by atoms with Gasteiger partial charge in [0.2, 0.25) is 0 Å². The van der Waals surface area contributed by atoms with Crippen molar-refractivity contribution in [3.8, 4) is 0 Å². The number of carboxylic acids is 1. The van der Waals surface area contributed by atoms with Crippen molar-refractivity contribution < 1.29 is 27.9 Å². The number of aromatic nitrogens is 2. The summed E-state index contributed by atoms with van der Waals surface area (Å²) in [6.07, 6.45) is -3.12. The minimum Gasteiger partial charge on any atom is -0.475 e. The molecule has 4 heterocycles. The minimum absolute atomic E-state index is 0.0356. The lowest BCUT2D eigenvalue weighted by molar-refractivity contribution is -0.192. The monoisotopic (exact) mass is 543 g/mol. The van der Waals surface area contributed by atoms with E-state index in [4.69, 9.17) is 14.9 Å². The van der Waals surface area contributed by atoms with E-state index in [1.807, 2.05) is 30.3 Å². The topological polar surface area (TPSA) is 81.9 Å². The molecule has 0 saturated carbocycles. The van der Waals surface area contributed by atoms with E-state index < -0.39 is 12.1 Å². The van der Waals surface area contributed by atoms with Crippen LogP contribution in [0.1, 0.15) is 59.7 Å². The highest BCUT2D eigenvalue weighted by Gasteiger charge is 2.46. The van der Waals surface area contributed by atoms with Gasteiger partial charge in [-0.1, -0.05) is 0 Å². The van der Waals surface area contributed by atoms with Crippen LogP contribution in [0.5, 0.6) is 0 Å². The lowest BCUT2D eigenvalue weighted by atomic mass is 9.72. The van der Waals surface area contributed by atoms with E-state index in [1.54, 1.807) is 4.90 Å². The third-order valence-electron chi connectivity index (χ3n) is 6.90. The van der Waals surface area contributed by atoms with Gasteiger partial charge < -0.3 is 19.5 Å². The fourth-order valence-electron chi connectivity index (χ4n) is 5.33. The van der Waals surface area contributed by atoms with Gasteiger partial charge in [-0.25, -0.2) is 14.6 Å². The number of amides is 2. The SMILES string of the molecule is Cc1ccc(CN2Cc3c(nc(C)n3C(C)C)C3(CCN(C(=O)N(C)C)CC3)C2)s1.O=C(O)C(F)(F)F. The Labute approximate surface area is 219 Å². The van der Waals surface area contributed by atoms with Crippen LogP contribution in [0.2, 0.25) is 0 Å². The van der Waals surface area contributed by atoms with Gasteiger partial charge in [-0.15, -0.1) is 11.3 Å². The zero-order valence-electron chi connectivity index (χ0n) is 22.2. The summed E-state index contributed by atoms with van der Waals surface area (Å²) in [5.41, 5.74) is 2.71. The number of nitrogens with zero attached hydrogens (tertiary/aromatic N) is 5. The molecule has 2 aliphatic rings. The van der Waals surface area contributed by atoms with E-state index in [0.29, 0.717) is 6.04 Å². The Morgan fingerprint density at radius 1 is 1.19 bits per heavy atom. The number of urea groups is 1. The maximum atomic E-state index is 12.5. The van der Waals surface area contributed by atoms with Crippen molar-refractivity contribution >= 4 is 23.3 Å². The van der Waals surface area contributed by atoms with Gasteiger partial charge in [0.25, 0.3) is 0 Å². The van der Waals surface area contributed by atoms with Gasteiger partial charge in [-0.05, 0) is 52.7 Å². The normalized spacial score (nSPS) is 17.4. The molecule has 12 heteroatoms. The zero-order valence-corrected chi connectivity index (χ0v) is 23.0. The highest BCUT2D eigenvalue weighted by Crippen LogP contribution is 2.43. The summed E-state index contributed by atoms with van der Waals surface area (Å²) < 4.78 is 34.2. The highest BCUT2D eigenvalue weighted by atomic mass is 32.1. The Morgan fingerprint density at radius 2 is 1.78 bits per heavy atom. The first kappa shape index (κ1) is 29.0. The summed E-state index contributed by atoms with van der Waals surface area (Å²) in [4.78, 5) is 35.6. The van der Waals surface area contributed by atoms with Crippen LogP contribution in [0, 0.1) is 13.8 Å². The second kappa shape index (κ2) is 11.0. The molecule has 1 spiro atoms. The summed E-state index contributed by atoms with van der Waals surface area (Å²) in [5.74, 6) is -1.64. The number of carbonyl (C=O) groups excluding carboxylic acids is 1. The number of hydrogen-bond donors (Lipinski definition) is 1. The van der Waals surface area contributed by atoms with Crippen molar-refractivity contribution in [2.24, 2.45) is 0 Å². The standard InChI is InChI=1S/C23H35N5OS.C2HF3O2/c1-16(2)28-18(4)24-21-20(28)14-26(13-19-8-7-17(3)30-19)15-23(21)9-11-27(12-10-23)22(29)25(5)6;3-2(4,5)1(6)7/h7-8,16H,9-15H2,1-6H3;(H,6,7). The largest absolute Gasteiger partial charge is 0.490 e. The van der Waals surface area contributed by atoms with Gasteiger partial charge in [-0.2, -0.15) is 13.2 Å². The fraction of sp³-hybridized carbons (Fsp3) is 0.640. The third kappa shape index (κ3) is 6.46. The van der Waals surface area contributed by atoms with Crippen LogP contribution in [0.3, 0.4) is 0 Å². The molecular weight excluding hydrogens is 507 g/mol. The summed E-state index contributed by atoms with van der Waals surface area (Å²) in [6.45, 7) is 13.4. The molecule has 0 bridgehead atoms. The highest BCUT2D eigenvalue weighted by molar-refractivity contribution is 7.11. The number of likely N-dealkylation sites (tertiary alicyclic amines) is 1. The molecule has 2 aliphatic heterocycles. The number of rotatable bonds is 3. The van der Waals surface area contributed by atoms with Gasteiger partial charge in [0.1, 0.15) is 5.82 Å². The number of piperidine rings is 1. The summed E-state index contributed by atoms with van der Waals surface area (Å²) in [5, 5.41) is 7.12. The first-order valence-corrected chi connectivity index (χ1v) is 13.1. The molecule has 0 radical (unpaired) electrons. The lowest BCUT2D eigenvalue weighted by Gasteiger charge is -2.47. The van der Waals surface area contributed by atoms with E-state index in [-0.39, 0.29) is 11.4 Å². The number of hydrogen-bond acceptors (Lipinski definition) is 5. The van der Waals surface area contributed by atoms with Crippen molar-refractivity contribution in [3.05, 3.63) is 39.1 Å². The number of imidazole rings is 1. The van der Waals surface area contributed by atoms with E-state index in [9.17, 15) is 18.0 Å². The molecule has 2 aromatic heterocycles. The summed E-state index contributed by atoms with van der Waals surface area (Å²) in [7, 11) is 3.67. The molecule has 8 nitrogen and oxygen atoms in total. The Bertz CT molecular complexity index is 1120. The van der Waals surface area contributed by atoms with Gasteiger partial charge in [0.15, 0.2) is 0 Å². The molecule has 1 fully saturated rings. The Balaban J connectivity index is 0.000000479. The number of fused-ring (bicyclic) bond motifs is 2.